The van der Waals surface area contributed by atoms with E-state index in [0.717, 1.165) is 24.2 Å². The number of hydrogen-bond acceptors (Lipinski definition) is 15. The molecule has 5 N–H and O–H groups in total. The molecule has 3 aliphatic rings. The number of piperidine rings is 1. The molecule has 0 aromatic rings. The molecular weight excluding hydrogens is 1270 g/mol. The maximum Gasteiger partial charge on any atom is 0.409 e. The lowest BCUT2D eigenvalue weighted by molar-refractivity contribution is -0.157. The summed E-state index contributed by atoms with van der Waals surface area (Å²) in [5.41, 5.74) is 0. The van der Waals surface area contributed by atoms with Crippen molar-refractivity contribution in [2.24, 2.45) is 41.4 Å². The number of aliphatic hydroxyl groups excluding tert-OH is 1. The zero-order valence-corrected chi connectivity index (χ0v) is 64.0. The number of hydrogen-bond donors (Lipinski definition) is 5. The zero-order valence-electron chi connectivity index (χ0n) is 64.0. The van der Waals surface area contributed by atoms with Gasteiger partial charge in [0.2, 0.25) is 65.0 Å². The topological polar surface area (TPSA) is 318 Å². The minimum atomic E-state index is -1.68. The Morgan fingerprint density at radius 3 is 1.47 bits per heavy atom. The average Bonchev–Trinajstić information content (AvgIpc) is 1.78. The van der Waals surface area contributed by atoms with Crippen LogP contribution in [0.5, 0.6) is 0 Å². The fourth-order valence-corrected chi connectivity index (χ4v) is 13.3. The van der Waals surface area contributed by atoms with Crippen molar-refractivity contribution >= 4 is 71.1 Å². The van der Waals surface area contributed by atoms with E-state index in [-0.39, 0.29) is 88.4 Å². The molecule has 0 spiro atoms. The summed E-state index contributed by atoms with van der Waals surface area (Å²) in [5.74, 6) is -10.3. The first kappa shape index (κ1) is 86.3. The Bertz CT molecular complexity index is 2770. The van der Waals surface area contributed by atoms with Crippen LogP contribution in [0.4, 0.5) is 4.79 Å². The summed E-state index contributed by atoms with van der Waals surface area (Å²) in [6.07, 6.45) is 4.04. The number of allylic oxidation sites excluding steroid dienone is 2. The van der Waals surface area contributed by atoms with Crippen molar-refractivity contribution in [3.63, 3.8) is 0 Å². The lowest BCUT2D eigenvalue weighted by Crippen LogP contribution is -2.64. The average molecular weight is 1400 g/mol. The Hall–Kier alpha value is -6.90. The van der Waals surface area contributed by atoms with Crippen LogP contribution in [0.2, 0.25) is 0 Å². The maximum atomic E-state index is 15.4. The van der Waals surface area contributed by atoms with Crippen LogP contribution in [0.3, 0.4) is 0 Å². The summed E-state index contributed by atoms with van der Waals surface area (Å²) in [7, 11) is 8.54. The summed E-state index contributed by atoms with van der Waals surface area (Å²) < 4.78 is 11.9. The molecular formula is C72H126N12O15. The Morgan fingerprint density at radius 1 is 0.515 bits per heavy atom. The molecule has 0 saturated carbocycles. The molecule has 3 fully saturated rings. The third-order valence-electron chi connectivity index (χ3n) is 19.4. The molecule has 99 heavy (non-hydrogen) atoms. The second-order valence-corrected chi connectivity index (χ2v) is 30.2. The van der Waals surface area contributed by atoms with Gasteiger partial charge in [-0.15, -0.1) is 0 Å². The fourth-order valence-electron chi connectivity index (χ4n) is 13.3. The van der Waals surface area contributed by atoms with Gasteiger partial charge < -0.3 is 75.0 Å². The van der Waals surface area contributed by atoms with E-state index >= 15 is 33.6 Å². The first-order valence-electron chi connectivity index (χ1n) is 36.1. The third kappa shape index (κ3) is 23.9. The van der Waals surface area contributed by atoms with Gasteiger partial charge in [0.15, 0.2) is 0 Å². The molecule has 0 aromatic carbocycles. The smallest absolute Gasteiger partial charge is 0.409 e. The summed E-state index contributed by atoms with van der Waals surface area (Å²) >= 11 is 0. The van der Waals surface area contributed by atoms with Gasteiger partial charge >= 0.3 is 6.09 Å². The Kier molecular flexibility index (Phi) is 34.8. The number of aliphatic hydroxyl groups is 1. The van der Waals surface area contributed by atoms with Gasteiger partial charge in [0, 0.05) is 68.3 Å². The highest BCUT2D eigenvalue weighted by atomic mass is 16.6. The Morgan fingerprint density at radius 2 is 0.980 bits per heavy atom. The van der Waals surface area contributed by atoms with Gasteiger partial charge in [-0.1, -0.05) is 109 Å². The standard InChI is InChI=1S/C72H126N12O15/c1-24-26-30-47(15)60(85)59-64(89)75-51(25-2)66(91)84-40-50(98-33-34-99-72(97)83-31-28-27-29-32-83)39-56(84)69(94)77(18)53(36-42(5)6)63(88)76-57(45(11)12)70(95)78(19)52(35-41(3)4)62(87)73-48(16)61(86)74-49(17)65(90)79(20)54(37-43(7)8)67(92)80(21)55(38-44(9)10)68(93)81(22)58(46(13)14)71(96)82(59)23/h24,26,41-60,85H,25,27-40H2,1-23H3,(H,73,87)(H,74,86)(H,75,89)(H,76,88)/b26-24+/t47-,48+,49-,50?,51+,52+,53+,54+,55+,56-,57+,58+,59+,60-/m1/s1. The second kappa shape index (κ2) is 39.9. The van der Waals surface area contributed by atoms with Gasteiger partial charge in [0.05, 0.1) is 18.8 Å². The van der Waals surface area contributed by atoms with E-state index in [1.807, 2.05) is 55.4 Å². The van der Waals surface area contributed by atoms with Crippen molar-refractivity contribution in [1.29, 1.82) is 0 Å². The van der Waals surface area contributed by atoms with Crippen molar-refractivity contribution < 1.29 is 72.1 Å². The lowest BCUT2D eigenvalue weighted by atomic mass is 9.91. The first-order chi connectivity index (χ1) is 46.2. The molecule has 27 heteroatoms. The van der Waals surface area contributed by atoms with Gasteiger partial charge in [-0.3, -0.25) is 52.7 Å². The predicted molar refractivity (Wildman–Crippen MR) is 377 cm³/mol. The molecule has 1 unspecified atom stereocenters. The van der Waals surface area contributed by atoms with Crippen LogP contribution in [0.25, 0.3) is 0 Å². The third-order valence-corrected chi connectivity index (χ3v) is 19.4. The number of ether oxygens (including phenoxy) is 2. The SMILES string of the molecule is C/C=C/C[C@@H](C)[C@@H](O)[C@H]1C(=O)N[C@@H](CC)C(=O)N2CC(OCCOC(=O)N3CCCCC3)C[C@@H]2C(=O)N(C)[C@@H](CC(C)C)C(=O)N[C@@H](C(C)C)C(=O)N(C)[C@@H](CC(C)C)C(=O)N[C@@H](C)C(=O)N[C@H](C)C(=O)N(C)[C@@H](CC(C)C)C(=O)N(C)[C@@H](CC(C)C)C(=O)N(C)[C@@H](C(C)C)C(=O)N1C. The second-order valence-electron chi connectivity index (χ2n) is 30.2. The van der Waals surface area contributed by atoms with Crippen molar-refractivity contribution in [2.75, 3.05) is 75.1 Å². The van der Waals surface area contributed by atoms with E-state index in [0.29, 0.717) is 13.1 Å². The lowest BCUT2D eigenvalue weighted by Gasteiger charge is -2.41. The normalized spacial score (nSPS) is 27.7. The van der Waals surface area contributed by atoms with Gasteiger partial charge in [-0.2, -0.15) is 0 Å². The highest BCUT2D eigenvalue weighted by Crippen LogP contribution is 2.29. The van der Waals surface area contributed by atoms with E-state index in [1.165, 1.54) is 85.5 Å². The number of carbonyl (C=O) groups excluding carboxylic acids is 12. The van der Waals surface area contributed by atoms with Crippen molar-refractivity contribution in [3.8, 4) is 0 Å². The first-order valence-corrected chi connectivity index (χ1v) is 36.1. The highest BCUT2D eigenvalue weighted by molar-refractivity contribution is 6.00. The van der Waals surface area contributed by atoms with Crippen molar-refractivity contribution in [1.82, 2.24) is 60.5 Å². The quantitative estimate of drug-likeness (QED) is 0.0883. The minimum Gasteiger partial charge on any atom is -0.447 e. The number of likely N-dealkylation sites (tertiary alicyclic amines) is 1. The van der Waals surface area contributed by atoms with E-state index in [4.69, 9.17) is 9.47 Å². The molecule has 12 amide bonds. The number of rotatable bonds is 19. The number of likely N-dealkylation sites (N-methyl/N-ethyl adjacent to an activating group) is 6. The molecule has 564 valence electrons. The highest BCUT2D eigenvalue weighted by Gasteiger charge is 2.49. The summed E-state index contributed by atoms with van der Waals surface area (Å²) in [6, 6.07) is -14.2. The van der Waals surface area contributed by atoms with Crippen LogP contribution in [0, 0.1) is 41.4 Å². The van der Waals surface area contributed by atoms with Crippen LogP contribution >= 0.6 is 0 Å². The molecule has 3 rings (SSSR count). The molecule has 27 nitrogen and oxygen atoms in total. The van der Waals surface area contributed by atoms with Gasteiger partial charge in [0.1, 0.15) is 73.1 Å². The minimum absolute atomic E-state index is 0.0497. The number of amides is 12. The van der Waals surface area contributed by atoms with Crippen molar-refractivity contribution in [2.45, 2.75) is 261 Å². The molecule has 0 radical (unpaired) electrons. The summed E-state index contributed by atoms with van der Waals surface area (Å²) in [4.78, 5) is 188. The summed E-state index contributed by atoms with van der Waals surface area (Å²) in [5, 5.41) is 23.5. The van der Waals surface area contributed by atoms with Gasteiger partial charge in [-0.25, -0.2) is 4.79 Å². The number of fused-ring (bicyclic) bond motifs is 1. The molecule has 0 aliphatic carbocycles. The van der Waals surface area contributed by atoms with Crippen LogP contribution in [-0.2, 0) is 62.2 Å². The van der Waals surface area contributed by atoms with Crippen LogP contribution in [0.1, 0.15) is 182 Å². The Labute approximate surface area is 590 Å². The molecule has 3 saturated heterocycles. The largest absolute Gasteiger partial charge is 0.447 e. The molecule has 0 aromatic heterocycles. The molecule has 14 atom stereocenters. The Balaban J connectivity index is 2.38. The molecule has 3 heterocycles. The van der Waals surface area contributed by atoms with Crippen molar-refractivity contribution in [3.05, 3.63) is 12.2 Å². The maximum absolute atomic E-state index is 15.4. The molecule has 3 aliphatic heterocycles. The van der Waals surface area contributed by atoms with Gasteiger partial charge in [0.25, 0.3) is 0 Å². The number of nitrogens with zero attached hydrogens (tertiary/aromatic N) is 8. The number of carbonyl (C=O) groups is 12. The van der Waals surface area contributed by atoms with Crippen LogP contribution in [0.15, 0.2) is 12.2 Å². The fraction of sp³-hybridized carbons (Fsp3) is 0.806. The van der Waals surface area contributed by atoms with E-state index in [1.54, 1.807) is 65.5 Å². The molecule has 0 bridgehead atoms. The van der Waals surface area contributed by atoms with E-state index in [2.05, 4.69) is 21.3 Å². The van der Waals surface area contributed by atoms with Gasteiger partial charge in [-0.05, 0) is 120 Å². The summed E-state index contributed by atoms with van der Waals surface area (Å²) in [6.45, 7) is 30.5. The van der Waals surface area contributed by atoms with Crippen LogP contribution in [-0.4, -0.2) is 269 Å². The predicted octanol–water partition coefficient (Wildman–Crippen LogP) is 4.42. The van der Waals surface area contributed by atoms with Crippen LogP contribution < -0.4 is 21.3 Å². The monoisotopic (exact) mass is 1400 g/mol. The zero-order chi connectivity index (χ0) is 75.4. The number of nitrogens with one attached hydrogen (secondary N) is 4. The van der Waals surface area contributed by atoms with E-state index in [9.17, 15) is 29.1 Å². The van der Waals surface area contributed by atoms with E-state index < -0.39 is 167 Å².